The highest BCUT2D eigenvalue weighted by molar-refractivity contribution is 5.74. The van der Waals surface area contributed by atoms with Crippen molar-refractivity contribution in [2.75, 3.05) is 6.61 Å². The Morgan fingerprint density at radius 1 is 1.28 bits per heavy atom. The zero-order valence-corrected chi connectivity index (χ0v) is 14.8. The summed E-state index contributed by atoms with van der Waals surface area (Å²) in [5, 5.41) is 18.9. The van der Waals surface area contributed by atoms with E-state index in [1.165, 1.54) is 12.1 Å². The number of aliphatic hydroxyl groups excluding tert-OH is 1. The van der Waals surface area contributed by atoms with Crippen LogP contribution in [-0.2, 0) is 0 Å². The Morgan fingerprint density at radius 3 is 2.60 bits per heavy atom. The van der Waals surface area contributed by atoms with E-state index in [2.05, 4.69) is 15.7 Å². The van der Waals surface area contributed by atoms with Crippen LogP contribution in [0.4, 0.5) is 9.18 Å². The number of halogens is 1. The molecule has 2 atom stereocenters. The van der Waals surface area contributed by atoms with Gasteiger partial charge < -0.3 is 15.7 Å². The van der Waals surface area contributed by atoms with E-state index in [0.717, 1.165) is 23.4 Å². The van der Waals surface area contributed by atoms with Crippen LogP contribution in [0, 0.1) is 12.7 Å². The second-order valence-corrected chi connectivity index (χ2v) is 6.18. The molecule has 1 aromatic heterocycles. The quantitative estimate of drug-likeness (QED) is 0.720. The van der Waals surface area contributed by atoms with Crippen molar-refractivity contribution in [1.82, 2.24) is 20.4 Å². The second kappa shape index (κ2) is 8.62. The maximum atomic E-state index is 13.1. The van der Waals surface area contributed by atoms with Crippen molar-refractivity contribution >= 4 is 6.03 Å². The second-order valence-electron chi connectivity index (χ2n) is 6.18. The molecular weight excluding hydrogens is 323 g/mol. The lowest BCUT2D eigenvalue weighted by atomic mass is 10.1. The number of aromatic nitrogens is 2. The van der Waals surface area contributed by atoms with Gasteiger partial charge in [-0.2, -0.15) is 5.10 Å². The van der Waals surface area contributed by atoms with E-state index in [0.29, 0.717) is 6.42 Å². The number of aliphatic hydroxyl groups is 1. The molecule has 2 unspecified atom stereocenters. The third-order valence-corrected chi connectivity index (χ3v) is 4.11. The number of carbonyl (C=O) groups excluding carboxylic acids is 1. The first-order valence-electron chi connectivity index (χ1n) is 8.40. The summed E-state index contributed by atoms with van der Waals surface area (Å²) in [6, 6.07) is 5.60. The SMILES string of the molecule is Cc1c(C(C)NC(=O)NC(C)CCCO)cnn1-c1ccc(F)cc1. The van der Waals surface area contributed by atoms with Crippen LogP contribution in [0.25, 0.3) is 5.69 Å². The van der Waals surface area contributed by atoms with E-state index in [4.69, 9.17) is 5.11 Å². The average Bonchev–Trinajstić information content (AvgIpc) is 2.95. The van der Waals surface area contributed by atoms with Gasteiger partial charge in [-0.15, -0.1) is 0 Å². The van der Waals surface area contributed by atoms with Crippen molar-refractivity contribution in [3.05, 3.63) is 47.5 Å². The number of nitrogens with zero attached hydrogens (tertiary/aromatic N) is 2. The summed E-state index contributed by atoms with van der Waals surface area (Å²) in [6.07, 6.45) is 3.08. The minimum atomic E-state index is -0.296. The van der Waals surface area contributed by atoms with E-state index in [-0.39, 0.29) is 30.5 Å². The summed E-state index contributed by atoms with van der Waals surface area (Å²) in [5.74, 6) is -0.296. The van der Waals surface area contributed by atoms with Gasteiger partial charge in [0, 0.05) is 23.9 Å². The van der Waals surface area contributed by atoms with E-state index in [9.17, 15) is 9.18 Å². The number of rotatable bonds is 7. The first-order chi connectivity index (χ1) is 11.9. The number of carbonyl (C=O) groups is 1. The van der Waals surface area contributed by atoms with E-state index < -0.39 is 0 Å². The first kappa shape index (κ1) is 18.9. The fourth-order valence-electron chi connectivity index (χ4n) is 2.70. The van der Waals surface area contributed by atoms with Crippen molar-refractivity contribution in [3.8, 4) is 5.69 Å². The fraction of sp³-hybridized carbons (Fsp3) is 0.444. The largest absolute Gasteiger partial charge is 0.396 e. The topological polar surface area (TPSA) is 79.2 Å². The van der Waals surface area contributed by atoms with Gasteiger partial charge in [-0.1, -0.05) is 0 Å². The Morgan fingerprint density at radius 2 is 1.96 bits per heavy atom. The highest BCUT2D eigenvalue weighted by atomic mass is 19.1. The molecule has 0 spiro atoms. The van der Waals surface area contributed by atoms with Crippen LogP contribution in [0.5, 0.6) is 0 Å². The third kappa shape index (κ3) is 5.03. The number of amides is 2. The monoisotopic (exact) mass is 348 g/mol. The van der Waals surface area contributed by atoms with E-state index in [1.807, 2.05) is 20.8 Å². The normalized spacial score (nSPS) is 13.3. The van der Waals surface area contributed by atoms with Crippen molar-refractivity contribution < 1.29 is 14.3 Å². The maximum absolute atomic E-state index is 13.1. The molecule has 2 amide bonds. The molecule has 7 heteroatoms. The molecule has 25 heavy (non-hydrogen) atoms. The molecular formula is C18H25FN4O2. The van der Waals surface area contributed by atoms with Crippen molar-refractivity contribution in [3.63, 3.8) is 0 Å². The number of urea groups is 1. The summed E-state index contributed by atoms with van der Waals surface area (Å²) < 4.78 is 14.8. The smallest absolute Gasteiger partial charge is 0.315 e. The molecule has 0 bridgehead atoms. The van der Waals surface area contributed by atoms with Crippen LogP contribution in [0.3, 0.4) is 0 Å². The van der Waals surface area contributed by atoms with E-state index in [1.54, 1.807) is 23.0 Å². The zero-order chi connectivity index (χ0) is 18.4. The number of nitrogens with one attached hydrogen (secondary N) is 2. The molecule has 0 radical (unpaired) electrons. The molecule has 1 aromatic carbocycles. The Labute approximate surface area is 147 Å². The summed E-state index contributed by atoms with van der Waals surface area (Å²) in [6.45, 7) is 5.81. The van der Waals surface area contributed by atoms with Crippen LogP contribution in [0.2, 0.25) is 0 Å². The minimum Gasteiger partial charge on any atom is -0.396 e. The third-order valence-electron chi connectivity index (χ3n) is 4.11. The van der Waals surface area contributed by atoms with Crippen LogP contribution in [0.15, 0.2) is 30.5 Å². The summed E-state index contributed by atoms with van der Waals surface area (Å²) in [4.78, 5) is 12.1. The van der Waals surface area contributed by atoms with Gasteiger partial charge in [0.05, 0.1) is 17.9 Å². The maximum Gasteiger partial charge on any atom is 0.315 e. The Hall–Kier alpha value is -2.41. The Balaban J connectivity index is 2.01. The number of benzene rings is 1. The molecule has 0 aliphatic carbocycles. The summed E-state index contributed by atoms with van der Waals surface area (Å²) in [7, 11) is 0. The molecule has 2 rings (SSSR count). The molecule has 0 saturated carbocycles. The van der Waals surface area contributed by atoms with Crippen LogP contribution in [-0.4, -0.2) is 33.6 Å². The van der Waals surface area contributed by atoms with Gasteiger partial charge in [0.2, 0.25) is 0 Å². The predicted octanol–water partition coefficient (Wildman–Crippen LogP) is 2.84. The average molecular weight is 348 g/mol. The van der Waals surface area contributed by atoms with Crippen LogP contribution < -0.4 is 10.6 Å². The molecule has 136 valence electrons. The lowest BCUT2D eigenvalue weighted by Crippen LogP contribution is -2.41. The molecule has 0 saturated heterocycles. The van der Waals surface area contributed by atoms with E-state index >= 15 is 0 Å². The van der Waals surface area contributed by atoms with Crippen molar-refractivity contribution in [1.29, 1.82) is 0 Å². The molecule has 0 aliphatic rings. The van der Waals surface area contributed by atoms with Gasteiger partial charge in [0.15, 0.2) is 0 Å². The molecule has 0 aliphatic heterocycles. The van der Waals surface area contributed by atoms with Crippen LogP contribution >= 0.6 is 0 Å². The standard InChI is InChI=1S/C18H25FN4O2/c1-12(5-4-10-24)21-18(25)22-13(2)17-11-20-23(14(17)3)16-8-6-15(19)7-9-16/h6-9,11-13,24H,4-5,10H2,1-3H3,(H2,21,22,25). The molecule has 0 fully saturated rings. The highest BCUT2D eigenvalue weighted by Crippen LogP contribution is 2.20. The predicted molar refractivity (Wildman–Crippen MR) is 94.1 cm³/mol. The molecule has 1 heterocycles. The summed E-state index contributed by atoms with van der Waals surface area (Å²) in [5.41, 5.74) is 2.54. The van der Waals surface area contributed by atoms with Gasteiger partial charge in [0.25, 0.3) is 0 Å². The Bertz CT molecular complexity index is 700. The fourth-order valence-corrected chi connectivity index (χ4v) is 2.70. The summed E-state index contributed by atoms with van der Waals surface area (Å²) >= 11 is 0. The van der Waals surface area contributed by atoms with Gasteiger partial charge in [-0.25, -0.2) is 13.9 Å². The zero-order valence-electron chi connectivity index (χ0n) is 14.8. The number of hydrogen-bond acceptors (Lipinski definition) is 3. The lowest BCUT2D eigenvalue weighted by Gasteiger charge is -2.18. The molecule has 2 aromatic rings. The van der Waals surface area contributed by atoms with Crippen molar-refractivity contribution in [2.24, 2.45) is 0 Å². The first-order valence-corrected chi connectivity index (χ1v) is 8.40. The molecule has 6 nitrogen and oxygen atoms in total. The Kier molecular flexibility index (Phi) is 6.52. The van der Waals surface area contributed by atoms with Gasteiger partial charge >= 0.3 is 6.03 Å². The van der Waals surface area contributed by atoms with Crippen LogP contribution in [0.1, 0.15) is 44.0 Å². The highest BCUT2D eigenvalue weighted by Gasteiger charge is 2.17. The van der Waals surface area contributed by atoms with Gasteiger partial charge in [-0.3, -0.25) is 0 Å². The van der Waals surface area contributed by atoms with Crippen molar-refractivity contribution in [2.45, 2.75) is 45.7 Å². The number of hydrogen-bond donors (Lipinski definition) is 3. The van der Waals surface area contributed by atoms with Gasteiger partial charge in [-0.05, 0) is 57.9 Å². The van der Waals surface area contributed by atoms with Gasteiger partial charge in [0.1, 0.15) is 5.82 Å². The minimum absolute atomic E-state index is 0.0117. The molecule has 3 N–H and O–H groups in total. The lowest BCUT2D eigenvalue weighted by molar-refractivity contribution is 0.231.